The Bertz CT molecular complexity index is 1100. The maximum absolute atomic E-state index is 13.1. The van der Waals surface area contributed by atoms with Crippen LogP contribution < -0.4 is 5.32 Å². The third kappa shape index (κ3) is 4.16. The minimum atomic E-state index is -3.95. The summed E-state index contributed by atoms with van der Waals surface area (Å²) in [4.78, 5) is 25.0. The molecular weight excluding hydrogens is 400 g/mol. The average Bonchev–Trinajstić information content (AvgIpc) is 2.88. The quantitative estimate of drug-likeness (QED) is 0.765. The zero-order valence-corrected chi connectivity index (χ0v) is 18.4. The molecule has 2 aromatic rings. The Morgan fingerprint density at radius 3 is 2.20 bits per heavy atom. The highest BCUT2D eigenvalue weighted by atomic mass is 32.2. The Morgan fingerprint density at radius 2 is 1.63 bits per heavy atom. The molecule has 30 heavy (non-hydrogen) atoms. The van der Waals surface area contributed by atoms with Crippen LogP contribution in [0.5, 0.6) is 0 Å². The molecule has 0 fully saturated rings. The van der Waals surface area contributed by atoms with Crippen LogP contribution in [0.2, 0.25) is 0 Å². The van der Waals surface area contributed by atoms with Crippen molar-refractivity contribution in [3.8, 4) is 0 Å². The number of rotatable bonds is 6. The van der Waals surface area contributed by atoms with E-state index in [1.165, 1.54) is 6.92 Å². The van der Waals surface area contributed by atoms with Gasteiger partial charge in [0.25, 0.3) is 21.8 Å². The summed E-state index contributed by atoms with van der Waals surface area (Å²) in [6.07, 6.45) is 0.828. The van der Waals surface area contributed by atoms with Crippen LogP contribution in [0.4, 0.5) is 0 Å². The molecule has 3 rings (SSSR count). The smallest absolute Gasteiger partial charge is 0.268 e. The molecule has 1 atom stereocenters. The summed E-state index contributed by atoms with van der Waals surface area (Å²) < 4.78 is 27.1. The number of amides is 2. The first-order valence-corrected chi connectivity index (χ1v) is 11.3. The second-order valence-corrected chi connectivity index (χ2v) is 9.42. The highest BCUT2D eigenvalue weighted by Crippen LogP contribution is 2.36. The molecule has 1 N–H and O–H groups in total. The van der Waals surface area contributed by atoms with Gasteiger partial charge in [0.2, 0.25) is 0 Å². The van der Waals surface area contributed by atoms with E-state index < -0.39 is 15.9 Å². The second kappa shape index (κ2) is 8.44. The molecule has 1 aliphatic rings. The standard InChI is InChI=1S/C23H26N2O4S/c1-5-16(3)24-22(26)20-12-8-18(9-13-20)14-25-23(27)17(4)21(30(25,28)29)19-10-6-15(2)7-11-19/h6-13,16H,5,14H2,1-4H3,(H,24,26)/t16-/m0/s1. The van der Waals surface area contributed by atoms with Crippen molar-refractivity contribution in [1.29, 1.82) is 0 Å². The number of carbonyl (C=O) groups excluding carboxylic acids is 2. The third-order valence-electron chi connectivity index (χ3n) is 5.28. The van der Waals surface area contributed by atoms with Crippen molar-refractivity contribution >= 4 is 26.7 Å². The monoisotopic (exact) mass is 426 g/mol. The number of benzene rings is 2. The predicted octanol–water partition coefficient (Wildman–Crippen LogP) is 3.63. The van der Waals surface area contributed by atoms with Gasteiger partial charge in [-0.2, -0.15) is 0 Å². The van der Waals surface area contributed by atoms with Crippen LogP contribution in [-0.2, 0) is 21.4 Å². The Labute approximate surface area is 177 Å². The second-order valence-electron chi connectivity index (χ2n) is 7.62. The van der Waals surface area contributed by atoms with Crippen molar-refractivity contribution in [2.24, 2.45) is 0 Å². The van der Waals surface area contributed by atoms with E-state index in [9.17, 15) is 18.0 Å². The zero-order chi connectivity index (χ0) is 22.1. The normalized spacial score (nSPS) is 16.7. The van der Waals surface area contributed by atoms with Gasteiger partial charge in [-0.1, -0.05) is 48.9 Å². The van der Waals surface area contributed by atoms with E-state index in [0.717, 1.165) is 16.3 Å². The van der Waals surface area contributed by atoms with Gasteiger partial charge in [-0.25, -0.2) is 12.7 Å². The van der Waals surface area contributed by atoms with Gasteiger partial charge in [0.05, 0.1) is 6.54 Å². The molecule has 0 aromatic heterocycles. The molecule has 0 spiro atoms. The van der Waals surface area contributed by atoms with E-state index in [-0.39, 0.29) is 29.0 Å². The van der Waals surface area contributed by atoms with Crippen molar-refractivity contribution in [3.05, 3.63) is 76.4 Å². The maximum atomic E-state index is 13.1. The van der Waals surface area contributed by atoms with Crippen LogP contribution in [0.1, 0.15) is 54.2 Å². The van der Waals surface area contributed by atoms with Gasteiger partial charge in [-0.15, -0.1) is 0 Å². The first-order chi connectivity index (χ1) is 14.1. The Morgan fingerprint density at radius 1 is 1.03 bits per heavy atom. The number of hydrogen-bond acceptors (Lipinski definition) is 4. The van der Waals surface area contributed by atoms with E-state index in [2.05, 4.69) is 5.32 Å². The molecule has 2 aromatic carbocycles. The molecule has 0 radical (unpaired) electrons. The molecule has 7 heteroatoms. The van der Waals surface area contributed by atoms with E-state index in [0.29, 0.717) is 16.7 Å². The zero-order valence-electron chi connectivity index (χ0n) is 17.6. The molecular formula is C23H26N2O4S. The lowest BCUT2D eigenvalue weighted by atomic mass is 10.1. The van der Waals surface area contributed by atoms with Crippen molar-refractivity contribution < 1.29 is 18.0 Å². The third-order valence-corrected chi connectivity index (χ3v) is 7.21. The van der Waals surface area contributed by atoms with Gasteiger partial charge in [0, 0.05) is 17.2 Å². The van der Waals surface area contributed by atoms with Gasteiger partial charge in [-0.3, -0.25) is 9.59 Å². The van der Waals surface area contributed by atoms with E-state index in [1.807, 2.05) is 32.9 Å². The SMILES string of the molecule is CC[C@H](C)NC(=O)c1ccc(CN2C(=O)C(C)=C(c3ccc(C)cc3)S2(=O)=O)cc1. The van der Waals surface area contributed by atoms with Crippen LogP contribution in [0.15, 0.2) is 54.1 Å². The number of carbonyl (C=O) groups is 2. The van der Waals surface area contributed by atoms with Gasteiger partial charge in [0.1, 0.15) is 4.91 Å². The molecule has 1 heterocycles. The number of hydrogen-bond donors (Lipinski definition) is 1. The average molecular weight is 427 g/mol. The Balaban J connectivity index is 1.82. The van der Waals surface area contributed by atoms with E-state index in [1.54, 1.807) is 36.4 Å². The highest BCUT2D eigenvalue weighted by Gasteiger charge is 2.42. The number of nitrogens with one attached hydrogen (secondary N) is 1. The van der Waals surface area contributed by atoms with Gasteiger partial charge < -0.3 is 5.32 Å². The molecule has 0 unspecified atom stereocenters. The minimum Gasteiger partial charge on any atom is -0.350 e. The molecule has 0 aliphatic carbocycles. The van der Waals surface area contributed by atoms with E-state index >= 15 is 0 Å². The fraction of sp³-hybridized carbons (Fsp3) is 0.304. The summed E-state index contributed by atoms with van der Waals surface area (Å²) in [6.45, 7) is 7.29. The fourth-order valence-electron chi connectivity index (χ4n) is 3.26. The van der Waals surface area contributed by atoms with Crippen molar-refractivity contribution in [2.45, 2.75) is 46.7 Å². The summed E-state index contributed by atoms with van der Waals surface area (Å²) in [7, 11) is -3.95. The van der Waals surface area contributed by atoms with Gasteiger partial charge >= 0.3 is 0 Å². The fourth-order valence-corrected chi connectivity index (χ4v) is 5.06. The van der Waals surface area contributed by atoms with Crippen molar-refractivity contribution in [3.63, 3.8) is 0 Å². The molecule has 6 nitrogen and oxygen atoms in total. The highest BCUT2D eigenvalue weighted by molar-refractivity contribution is 7.99. The minimum absolute atomic E-state index is 0.0528. The number of sulfonamides is 1. The predicted molar refractivity (Wildman–Crippen MR) is 117 cm³/mol. The topological polar surface area (TPSA) is 83.6 Å². The maximum Gasteiger partial charge on any atom is 0.268 e. The molecule has 2 amide bonds. The lowest BCUT2D eigenvalue weighted by molar-refractivity contribution is -0.122. The molecule has 0 saturated heterocycles. The van der Waals surface area contributed by atoms with Gasteiger partial charge in [-0.05, 0) is 50.5 Å². The Hall–Kier alpha value is -2.93. The van der Waals surface area contributed by atoms with Crippen LogP contribution in [-0.4, -0.2) is 30.6 Å². The first kappa shape index (κ1) is 21.8. The van der Waals surface area contributed by atoms with Crippen molar-refractivity contribution in [2.75, 3.05) is 0 Å². The molecule has 1 aliphatic heterocycles. The summed E-state index contributed by atoms with van der Waals surface area (Å²) in [6, 6.07) is 13.8. The number of aryl methyl sites for hydroxylation is 1. The lowest BCUT2D eigenvalue weighted by Crippen LogP contribution is -2.32. The summed E-state index contributed by atoms with van der Waals surface area (Å²) >= 11 is 0. The van der Waals surface area contributed by atoms with Crippen LogP contribution in [0.3, 0.4) is 0 Å². The largest absolute Gasteiger partial charge is 0.350 e. The van der Waals surface area contributed by atoms with Crippen LogP contribution in [0, 0.1) is 6.92 Å². The first-order valence-electron chi connectivity index (χ1n) is 9.90. The van der Waals surface area contributed by atoms with Crippen LogP contribution in [0.25, 0.3) is 4.91 Å². The molecule has 0 bridgehead atoms. The van der Waals surface area contributed by atoms with Crippen LogP contribution >= 0.6 is 0 Å². The molecule has 0 saturated carbocycles. The van der Waals surface area contributed by atoms with Gasteiger partial charge in [0.15, 0.2) is 0 Å². The number of nitrogens with zero attached hydrogens (tertiary/aromatic N) is 1. The van der Waals surface area contributed by atoms with Crippen molar-refractivity contribution in [1.82, 2.24) is 9.62 Å². The molecule has 158 valence electrons. The van der Waals surface area contributed by atoms with E-state index in [4.69, 9.17) is 0 Å². The summed E-state index contributed by atoms with van der Waals surface area (Å²) in [5, 5.41) is 2.89. The summed E-state index contributed by atoms with van der Waals surface area (Å²) in [5.74, 6) is -0.705. The lowest BCUT2D eigenvalue weighted by Gasteiger charge is -2.17. The Kier molecular flexibility index (Phi) is 6.12. The summed E-state index contributed by atoms with van der Waals surface area (Å²) in [5.41, 5.74) is 2.84.